The number of carbonyl (C=O) groups excluding carboxylic acids is 1. The monoisotopic (exact) mass is 122 g/mol. The van der Waals surface area contributed by atoms with Crippen LogP contribution in [0.1, 0.15) is 1.37 Å². The van der Waals surface area contributed by atoms with Crippen LogP contribution in [0.2, 0.25) is 0 Å². The maximum absolute atomic E-state index is 10.2. The molecular formula is C3H8N2OS. The third-order valence-electron chi connectivity index (χ3n) is 0.394. The average molecular weight is 122 g/mol. The highest BCUT2D eigenvalue weighted by molar-refractivity contribution is 7.99. The second-order valence-corrected chi connectivity index (χ2v) is 1.61. The summed E-state index contributed by atoms with van der Waals surface area (Å²) < 4.78 is 6.61. The standard InChI is InChI=1S/C3H8N2OS/c1-7-2-3(6)5-4/h2,4H2,1H3,(H,5,6)/i1T. The molecule has 0 saturated carbocycles. The summed E-state index contributed by atoms with van der Waals surface area (Å²) in [7, 11) is 0. The molecule has 0 fully saturated rings. The first-order chi connectivity index (χ1) is 3.81. The summed E-state index contributed by atoms with van der Waals surface area (Å²) in [6.07, 6.45) is 0.202. The Morgan fingerprint density at radius 2 is 3.00 bits per heavy atom. The summed E-state index contributed by atoms with van der Waals surface area (Å²) in [5, 5.41) is 0. The zero-order valence-electron chi connectivity index (χ0n) is 4.81. The van der Waals surface area contributed by atoms with Gasteiger partial charge in [-0.05, 0) is 6.23 Å². The van der Waals surface area contributed by atoms with E-state index in [1.54, 1.807) is 0 Å². The van der Waals surface area contributed by atoms with Gasteiger partial charge in [0.05, 0.1) is 5.75 Å². The molecule has 0 spiro atoms. The van der Waals surface area contributed by atoms with Crippen LogP contribution in [0, 0.1) is 0 Å². The summed E-state index contributed by atoms with van der Waals surface area (Å²) >= 11 is 1.22. The highest BCUT2D eigenvalue weighted by atomic mass is 32.2. The van der Waals surface area contributed by atoms with Gasteiger partial charge in [-0.3, -0.25) is 10.2 Å². The lowest BCUT2D eigenvalue weighted by Gasteiger charge is -1.91. The molecule has 0 aliphatic carbocycles. The molecule has 0 rings (SSSR count). The first-order valence-corrected chi connectivity index (χ1v) is 2.83. The number of nitrogens with one attached hydrogen (secondary N) is 1. The Bertz CT molecular complexity index is 79.7. The first kappa shape index (κ1) is 4.93. The Morgan fingerprint density at radius 3 is 3.43 bits per heavy atom. The lowest BCUT2D eigenvalue weighted by Crippen LogP contribution is -2.31. The van der Waals surface area contributed by atoms with E-state index in [1.165, 1.54) is 11.8 Å². The smallest absolute Gasteiger partial charge is 0.243 e. The van der Waals surface area contributed by atoms with Crippen LogP contribution >= 0.6 is 11.8 Å². The molecule has 3 nitrogen and oxygen atoms in total. The molecule has 1 amide bonds. The summed E-state index contributed by atoms with van der Waals surface area (Å²) in [6.45, 7) is 0. The molecule has 4 heteroatoms. The molecule has 3 N–H and O–H groups in total. The number of hydrazine groups is 1. The van der Waals surface area contributed by atoms with Crippen molar-refractivity contribution in [3.05, 3.63) is 0 Å². The van der Waals surface area contributed by atoms with Crippen molar-refractivity contribution < 1.29 is 6.17 Å². The number of rotatable bonds is 2. The van der Waals surface area contributed by atoms with Crippen LogP contribution in [0.4, 0.5) is 0 Å². The molecule has 0 radical (unpaired) electrons. The van der Waals surface area contributed by atoms with Crippen LogP contribution in [0.15, 0.2) is 0 Å². The van der Waals surface area contributed by atoms with Crippen molar-refractivity contribution in [3.8, 4) is 0 Å². The fraction of sp³-hybridized carbons (Fsp3) is 0.667. The lowest BCUT2D eigenvalue weighted by molar-refractivity contribution is -0.118. The van der Waals surface area contributed by atoms with Gasteiger partial charge in [0, 0.05) is 1.37 Å². The molecule has 0 saturated heterocycles. The Morgan fingerprint density at radius 1 is 2.29 bits per heavy atom. The van der Waals surface area contributed by atoms with E-state index in [1.807, 2.05) is 5.43 Å². The van der Waals surface area contributed by atoms with Crippen molar-refractivity contribution in [3.63, 3.8) is 0 Å². The minimum Gasteiger partial charge on any atom is -0.294 e. The normalized spacial score (nSPS) is 10.1. The molecule has 0 unspecified atom stereocenters. The Hall–Kier alpha value is -0.220. The predicted molar refractivity (Wildman–Crippen MR) is 30.7 cm³/mol. The summed E-state index contributed by atoms with van der Waals surface area (Å²) in [4.78, 5) is 10.2. The topological polar surface area (TPSA) is 55.1 Å². The van der Waals surface area contributed by atoms with Gasteiger partial charge in [-0.1, -0.05) is 0 Å². The number of thioether (sulfide) groups is 1. The van der Waals surface area contributed by atoms with Crippen molar-refractivity contribution >= 4 is 17.7 Å². The first-order valence-electron chi connectivity index (χ1n) is 2.38. The maximum Gasteiger partial charge on any atom is 0.243 e. The van der Waals surface area contributed by atoms with Gasteiger partial charge >= 0.3 is 0 Å². The van der Waals surface area contributed by atoms with Crippen molar-refractivity contribution in [2.24, 2.45) is 5.84 Å². The minimum absolute atomic E-state index is 0.202. The zero-order valence-corrected chi connectivity index (χ0v) is 4.62. The van der Waals surface area contributed by atoms with E-state index in [2.05, 4.69) is 0 Å². The second kappa shape index (κ2) is 3.95. The van der Waals surface area contributed by atoms with Gasteiger partial charge in [-0.15, -0.1) is 0 Å². The van der Waals surface area contributed by atoms with Crippen LogP contribution in [0.5, 0.6) is 0 Å². The maximum atomic E-state index is 10.2. The quantitative estimate of drug-likeness (QED) is 0.290. The third kappa shape index (κ3) is 3.61. The van der Waals surface area contributed by atoms with Crippen molar-refractivity contribution in [2.75, 3.05) is 12.0 Å². The molecule has 0 aliphatic heterocycles. The largest absolute Gasteiger partial charge is 0.294 e. The van der Waals surface area contributed by atoms with Crippen LogP contribution in [0.25, 0.3) is 0 Å². The molecule has 0 heterocycles. The zero-order chi connectivity index (χ0) is 6.41. The third-order valence-corrected chi connectivity index (χ3v) is 0.860. The fourth-order valence-electron chi connectivity index (χ4n) is 0.134. The van der Waals surface area contributed by atoms with E-state index < -0.39 is 0 Å². The number of hydrogen-bond donors (Lipinski definition) is 2. The Kier molecular flexibility index (Phi) is 2.78. The summed E-state index contributed by atoms with van der Waals surface area (Å²) in [5.41, 5.74) is 1.96. The number of carbonyl (C=O) groups is 1. The van der Waals surface area contributed by atoms with Crippen LogP contribution < -0.4 is 11.3 Å². The van der Waals surface area contributed by atoms with Gasteiger partial charge in [-0.2, -0.15) is 11.8 Å². The fourth-order valence-corrected chi connectivity index (χ4v) is 0.403. The summed E-state index contributed by atoms with van der Waals surface area (Å²) in [6, 6.07) is 0. The summed E-state index contributed by atoms with van der Waals surface area (Å²) in [5.74, 6) is 4.78. The Labute approximate surface area is 48.0 Å². The van der Waals surface area contributed by atoms with Crippen LogP contribution in [-0.4, -0.2) is 17.9 Å². The molecule has 0 aromatic carbocycles. The lowest BCUT2D eigenvalue weighted by atomic mass is 10.8. The molecule has 0 aromatic heterocycles. The number of amides is 1. The number of hydrogen-bond acceptors (Lipinski definition) is 3. The predicted octanol–water partition coefficient (Wildman–Crippen LogP) is -0.661. The van der Waals surface area contributed by atoms with E-state index in [0.717, 1.165) is 0 Å². The van der Waals surface area contributed by atoms with E-state index in [9.17, 15) is 4.79 Å². The average Bonchev–Trinajstić information content (AvgIpc) is 1.83. The van der Waals surface area contributed by atoms with E-state index in [-0.39, 0.29) is 17.9 Å². The van der Waals surface area contributed by atoms with Gasteiger partial charge in [-0.25, -0.2) is 5.84 Å². The molecule has 0 atom stereocenters. The molecular weight excluding hydrogens is 112 g/mol. The van der Waals surface area contributed by atoms with Crippen molar-refractivity contribution in [1.29, 1.82) is 0 Å². The SMILES string of the molecule is [3H]CSCC(=O)NN. The number of nitrogens with two attached hydrogens (primary N) is 1. The molecule has 0 bridgehead atoms. The van der Waals surface area contributed by atoms with Gasteiger partial charge in [0.1, 0.15) is 0 Å². The van der Waals surface area contributed by atoms with Crippen LogP contribution in [0.3, 0.4) is 0 Å². The molecule has 42 valence electrons. The van der Waals surface area contributed by atoms with E-state index >= 15 is 0 Å². The van der Waals surface area contributed by atoms with Gasteiger partial charge in [0.15, 0.2) is 0 Å². The highest BCUT2D eigenvalue weighted by Gasteiger charge is 1.90. The minimum atomic E-state index is -0.234. The van der Waals surface area contributed by atoms with Gasteiger partial charge in [0.2, 0.25) is 5.91 Å². The van der Waals surface area contributed by atoms with Gasteiger partial charge < -0.3 is 0 Å². The molecule has 0 aromatic rings. The van der Waals surface area contributed by atoms with E-state index in [0.29, 0.717) is 0 Å². The highest BCUT2D eigenvalue weighted by Crippen LogP contribution is 1.86. The van der Waals surface area contributed by atoms with Crippen molar-refractivity contribution in [2.45, 2.75) is 0 Å². The van der Waals surface area contributed by atoms with Crippen LogP contribution in [-0.2, 0) is 4.79 Å². The Balaban J connectivity index is 2.99. The van der Waals surface area contributed by atoms with Gasteiger partial charge in [0.25, 0.3) is 0 Å². The molecule has 7 heavy (non-hydrogen) atoms. The second-order valence-electron chi connectivity index (χ2n) is 0.916. The molecule has 0 aliphatic rings. The van der Waals surface area contributed by atoms with E-state index in [4.69, 9.17) is 7.21 Å². The van der Waals surface area contributed by atoms with Crippen molar-refractivity contribution in [1.82, 2.24) is 5.43 Å².